The highest BCUT2D eigenvalue weighted by Gasteiger charge is 2.17. The van der Waals surface area contributed by atoms with Crippen LogP contribution in [0.15, 0.2) is 37.0 Å². The van der Waals surface area contributed by atoms with Crippen molar-refractivity contribution in [3.63, 3.8) is 0 Å². The van der Waals surface area contributed by atoms with Gasteiger partial charge in [-0.2, -0.15) is 0 Å². The van der Waals surface area contributed by atoms with E-state index >= 15 is 0 Å². The molecule has 1 aliphatic heterocycles. The number of hydrogen-bond acceptors (Lipinski definition) is 2. The molecule has 126 valence electrons. The van der Waals surface area contributed by atoms with Crippen molar-refractivity contribution in [2.45, 2.75) is 59.9 Å². The van der Waals surface area contributed by atoms with Crippen LogP contribution in [0, 0.1) is 0 Å². The van der Waals surface area contributed by atoms with Crippen LogP contribution < -0.4 is 5.32 Å². The van der Waals surface area contributed by atoms with Crippen molar-refractivity contribution in [2.24, 2.45) is 0 Å². The van der Waals surface area contributed by atoms with Crippen LogP contribution in [0.1, 0.15) is 55.3 Å². The van der Waals surface area contributed by atoms with Crippen LogP contribution in [0.3, 0.4) is 0 Å². The van der Waals surface area contributed by atoms with Crippen molar-refractivity contribution >= 4 is 0 Å². The van der Waals surface area contributed by atoms with E-state index in [1.165, 1.54) is 37.9 Å². The van der Waals surface area contributed by atoms with E-state index in [-0.39, 0.29) is 1.43 Å². The normalized spacial score (nSPS) is 18.7. The quantitative estimate of drug-likeness (QED) is 0.690. The Balaban J connectivity index is -0.000000536. The van der Waals surface area contributed by atoms with Crippen LogP contribution >= 0.6 is 0 Å². The predicted molar refractivity (Wildman–Crippen MR) is 101 cm³/mol. The molecular formula is C19H40N2. The monoisotopic (exact) mass is 296 g/mol. The Bertz CT molecular complexity index is 275. The van der Waals surface area contributed by atoms with Crippen LogP contribution in [0.4, 0.5) is 0 Å². The Morgan fingerprint density at radius 2 is 1.90 bits per heavy atom. The molecule has 1 heterocycles. The lowest BCUT2D eigenvalue weighted by molar-refractivity contribution is 0.201. The minimum atomic E-state index is 0. The zero-order valence-corrected chi connectivity index (χ0v) is 15.1. The third-order valence-corrected chi connectivity index (χ3v) is 3.14. The third-order valence-electron chi connectivity index (χ3n) is 3.14. The molecular weight excluding hydrogens is 256 g/mol. The second-order valence-electron chi connectivity index (χ2n) is 5.00. The summed E-state index contributed by atoms with van der Waals surface area (Å²) in [7, 11) is 0. The van der Waals surface area contributed by atoms with Gasteiger partial charge >= 0.3 is 0 Å². The number of piperidine rings is 1. The number of hydrogen-bond donors (Lipinski definition) is 1. The van der Waals surface area contributed by atoms with Crippen LogP contribution in [0.5, 0.6) is 0 Å². The van der Waals surface area contributed by atoms with Gasteiger partial charge in [0.1, 0.15) is 0 Å². The molecule has 1 fully saturated rings. The van der Waals surface area contributed by atoms with Gasteiger partial charge in [-0.1, -0.05) is 72.4 Å². The predicted octanol–water partition coefficient (Wildman–Crippen LogP) is 5.05. The third kappa shape index (κ3) is 12.6. The van der Waals surface area contributed by atoms with Crippen LogP contribution in [0.25, 0.3) is 0 Å². The Hall–Kier alpha value is -0.860. The topological polar surface area (TPSA) is 15.3 Å². The molecule has 0 radical (unpaired) electrons. The van der Waals surface area contributed by atoms with E-state index < -0.39 is 0 Å². The summed E-state index contributed by atoms with van der Waals surface area (Å²) in [5.74, 6) is 0. The summed E-state index contributed by atoms with van der Waals surface area (Å²) in [6, 6.07) is 0.627. The SMILES string of the molecule is C=C/C=C(\C=C)CNC1CCCN(CC)C1.CC.CCC.[HH]. The fourth-order valence-corrected chi connectivity index (χ4v) is 2.12. The van der Waals surface area contributed by atoms with Gasteiger partial charge in [0.25, 0.3) is 0 Å². The van der Waals surface area contributed by atoms with Gasteiger partial charge in [-0.15, -0.1) is 0 Å². The number of rotatable bonds is 6. The molecule has 0 amide bonds. The second-order valence-corrected chi connectivity index (χ2v) is 5.00. The fraction of sp³-hybridized carbons (Fsp3) is 0.684. The Morgan fingerprint density at radius 1 is 1.29 bits per heavy atom. The summed E-state index contributed by atoms with van der Waals surface area (Å²) >= 11 is 0. The van der Waals surface area contributed by atoms with Gasteiger partial charge in [0.15, 0.2) is 0 Å². The van der Waals surface area contributed by atoms with Crippen molar-refractivity contribution in [3.8, 4) is 0 Å². The molecule has 0 bridgehead atoms. The van der Waals surface area contributed by atoms with Crippen LogP contribution in [-0.4, -0.2) is 37.1 Å². The van der Waals surface area contributed by atoms with E-state index in [0.717, 1.165) is 13.1 Å². The van der Waals surface area contributed by atoms with Crippen molar-refractivity contribution in [1.82, 2.24) is 10.2 Å². The number of nitrogens with one attached hydrogen (secondary N) is 1. The van der Waals surface area contributed by atoms with E-state index in [9.17, 15) is 0 Å². The lowest BCUT2D eigenvalue weighted by Gasteiger charge is -2.32. The fourth-order valence-electron chi connectivity index (χ4n) is 2.12. The average molecular weight is 297 g/mol. The first kappa shape index (κ1) is 22.4. The molecule has 0 saturated carbocycles. The van der Waals surface area contributed by atoms with Gasteiger partial charge in [-0.3, -0.25) is 0 Å². The van der Waals surface area contributed by atoms with Crippen molar-refractivity contribution in [2.75, 3.05) is 26.2 Å². The summed E-state index contributed by atoms with van der Waals surface area (Å²) in [6.07, 6.45) is 9.57. The molecule has 2 heteroatoms. The summed E-state index contributed by atoms with van der Waals surface area (Å²) in [5, 5.41) is 3.59. The van der Waals surface area contributed by atoms with E-state index in [1.807, 2.05) is 32.1 Å². The molecule has 1 N–H and O–H groups in total. The van der Waals surface area contributed by atoms with Crippen LogP contribution in [0.2, 0.25) is 0 Å². The standard InChI is InChI=1S/C14H24N2.C3H8.C2H6.H2/c1-4-8-13(5-2)11-15-14-9-7-10-16(6-3)12-14;1-3-2;1-2;/h4-5,8,14-15H,1-2,6-7,9-12H2,3H3;3H2,1-2H3;1-2H3;1H/b13-8+;;;. The highest BCUT2D eigenvalue weighted by Crippen LogP contribution is 2.09. The highest BCUT2D eigenvalue weighted by molar-refractivity contribution is 5.22. The lowest BCUT2D eigenvalue weighted by atomic mass is 10.1. The van der Waals surface area contributed by atoms with E-state index in [0.29, 0.717) is 6.04 Å². The maximum absolute atomic E-state index is 3.81. The van der Waals surface area contributed by atoms with E-state index in [2.05, 4.69) is 44.1 Å². The molecule has 0 aromatic rings. The summed E-state index contributed by atoms with van der Waals surface area (Å²) < 4.78 is 0. The molecule has 0 aromatic heterocycles. The molecule has 1 rings (SSSR count). The summed E-state index contributed by atoms with van der Waals surface area (Å²) in [6.45, 7) is 22.5. The minimum absolute atomic E-state index is 0. The zero-order chi connectivity index (χ0) is 16.5. The van der Waals surface area contributed by atoms with Gasteiger partial charge in [-0.25, -0.2) is 0 Å². The van der Waals surface area contributed by atoms with Gasteiger partial charge in [0.2, 0.25) is 0 Å². The van der Waals surface area contributed by atoms with E-state index in [4.69, 9.17) is 0 Å². The van der Waals surface area contributed by atoms with Crippen molar-refractivity contribution in [1.29, 1.82) is 0 Å². The molecule has 1 saturated heterocycles. The zero-order valence-electron chi connectivity index (χ0n) is 15.1. The molecule has 0 spiro atoms. The smallest absolute Gasteiger partial charge is 0.0208 e. The average Bonchev–Trinajstić information content (AvgIpc) is 2.54. The maximum atomic E-state index is 3.81. The Kier molecular flexibility index (Phi) is 18.4. The number of allylic oxidation sites excluding steroid dienone is 2. The van der Waals surface area contributed by atoms with Crippen molar-refractivity contribution < 1.29 is 1.43 Å². The molecule has 1 unspecified atom stereocenters. The molecule has 21 heavy (non-hydrogen) atoms. The van der Waals surface area contributed by atoms with Gasteiger partial charge in [-0.05, 0) is 31.5 Å². The number of nitrogens with zero attached hydrogens (tertiary/aromatic N) is 1. The molecule has 0 aliphatic carbocycles. The molecule has 1 aliphatic rings. The second kappa shape index (κ2) is 17.2. The largest absolute Gasteiger partial charge is 0.309 e. The van der Waals surface area contributed by atoms with Crippen LogP contribution in [-0.2, 0) is 0 Å². The Morgan fingerprint density at radius 3 is 2.38 bits per heavy atom. The number of likely N-dealkylation sites (tertiary alicyclic amines) is 1. The minimum Gasteiger partial charge on any atom is -0.309 e. The van der Waals surface area contributed by atoms with Crippen molar-refractivity contribution in [3.05, 3.63) is 37.0 Å². The molecule has 0 aromatic carbocycles. The molecule has 1 atom stereocenters. The first-order valence-electron chi connectivity index (χ1n) is 8.61. The van der Waals surface area contributed by atoms with Gasteiger partial charge < -0.3 is 10.2 Å². The molecule has 2 nitrogen and oxygen atoms in total. The summed E-state index contributed by atoms with van der Waals surface area (Å²) in [5.41, 5.74) is 1.21. The van der Waals surface area contributed by atoms with Gasteiger partial charge in [0, 0.05) is 20.6 Å². The summed E-state index contributed by atoms with van der Waals surface area (Å²) in [4.78, 5) is 2.51. The lowest BCUT2D eigenvalue weighted by Crippen LogP contribution is -2.45. The van der Waals surface area contributed by atoms with E-state index in [1.54, 1.807) is 0 Å². The maximum Gasteiger partial charge on any atom is 0.0208 e. The highest BCUT2D eigenvalue weighted by atomic mass is 15.2. The first-order chi connectivity index (χ1) is 10.2. The number of likely N-dealkylation sites (N-methyl/N-ethyl adjacent to an activating group) is 1. The van der Waals surface area contributed by atoms with Gasteiger partial charge in [0.05, 0.1) is 0 Å². The first-order valence-corrected chi connectivity index (χ1v) is 8.61. The Labute approximate surface area is 135 Å².